The molecule has 19 heteroatoms. The van der Waals surface area contributed by atoms with Gasteiger partial charge in [-0.15, -0.1) is 0 Å². The fraction of sp³-hybridized carbons (Fsp3) is 0.476. The largest absolute Gasteiger partial charge is 0.483 e. The van der Waals surface area contributed by atoms with E-state index in [4.69, 9.17) is 34.7 Å². The first-order valence-electron chi connectivity index (χ1n) is 33.9. The Hall–Kier alpha value is -10.4. The normalized spacial score (nSPS) is 18.7. The molecule has 1 N–H and O–H groups in total. The molecule has 19 nitrogen and oxygen atoms in total. The summed E-state index contributed by atoms with van der Waals surface area (Å²) in [6, 6.07) is 32.0. The van der Waals surface area contributed by atoms with Crippen molar-refractivity contribution in [1.29, 1.82) is 31.6 Å². The van der Waals surface area contributed by atoms with E-state index >= 15 is 0 Å². The molecule has 0 atom stereocenters. The number of nitrogens with one attached hydrogen (secondary N) is 1. The summed E-state index contributed by atoms with van der Waals surface area (Å²) in [5, 5.41) is 57.4. The van der Waals surface area contributed by atoms with Crippen LogP contribution in [0.5, 0.6) is 0 Å². The Balaban J connectivity index is 0.000000426. The van der Waals surface area contributed by atoms with Crippen molar-refractivity contribution < 1.29 is 38.1 Å². The van der Waals surface area contributed by atoms with Crippen LogP contribution in [0.1, 0.15) is 191 Å². The number of Topliss-reactive ketones (excluding diaryl/α,β-unsaturated/α-hetero) is 1. The highest BCUT2D eigenvalue weighted by molar-refractivity contribution is 6.18. The SMILES string of the molecule is C/C(C#N)=C1/OC(C)(C)C(C(C)(C)C)=C1C#N.C=C1OC(C)(C)C(C(C)(C)C)=C1C#N.CC(=O)/C(C#N)=C/C(C)(C)C.CN1C(=O)/C(=C/C(C)(C)C)N=C1/C=C/c1ccccc1.CN1C(=O)/C(=C/C(C)(C)C)N=C1c1ccccc1.COCCNC(=O)/C(C#N)=C1\OC(C)(C)C(C(C)(C)C)=C1C#N. The van der Waals surface area contributed by atoms with E-state index in [-0.39, 0.29) is 79.1 Å². The molecule has 0 aromatic heterocycles. The molecule has 0 radical (unpaired) electrons. The Morgan fingerprint density at radius 2 is 0.981 bits per heavy atom. The number of rotatable bonds is 8. The number of hydrogen-bond acceptors (Lipinski definition) is 16. The van der Waals surface area contributed by atoms with Crippen LogP contribution in [0.2, 0.25) is 0 Å². The first-order valence-corrected chi connectivity index (χ1v) is 33.9. The van der Waals surface area contributed by atoms with Gasteiger partial charge in [0, 0.05) is 33.3 Å². The lowest BCUT2D eigenvalue weighted by atomic mass is 9.76. The van der Waals surface area contributed by atoms with E-state index in [1.807, 2.05) is 180 Å². The van der Waals surface area contributed by atoms with E-state index in [1.54, 1.807) is 36.9 Å². The summed E-state index contributed by atoms with van der Waals surface area (Å²) in [6.07, 6.45) is 9.35. The van der Waals surface area contributed by atoms with Crippen LogP contribution >= 0.6 is 0 Å². The molecular formula is C84H109N11O8. The third-order valence-corrected chi connectivity index (χ3v) is 15.3. The number of allylic oxidation sites excluding steroid dienone is 8. The van der Waals surface area contributed by atoms with Crippen molar-refractivity contribution >= 4 is 41.3 Å². The zero-order valence-electron chi connectivity index (χ0n) is 66.5. The number of nitrogens with zero attached hydrogens (tertiary/aromatic N) is 10. The summed E-state index contributed by atoms with van der Waals surface area (Å²) >= 11 is 0. The van der Waals surface area contributed by atoms with Crippen molar-refractivity contribution in [3.05, 3.63) is 182 Å². The van der Waals surface area contributed by atoms with Crippen LogP contribution in [-0.4, -0.2) is 96.1 Å². The minimum Gasteiger partial charge on any atom is -0.483 e. The number of ketones is 1. The van der Waals surface area contributed by atoms with Crippen molar-refractivity contribution in [2.75, 3.05) is 34.4 Å². The number of carbonyl (C=O) groups is 4. The van der Waals surface area contributed by atoms with Gasteiger partial charge in [-0.2, -0.15) is 31.6 Å². The van der Waals surface area contributed by atoms with Gasteiger partial charge >= 0.3 is 0 Å². The molecule has 7 rings (SSSR count). The summed E-state index contributed by atoms with van der Waals surface area (Å²) in [6.45, 7) is 55.4. The van der Waals surface area contributed by atoms with Crippen LogP contribution in [0, 0.1) is 100 Å². The third-order valence-electron chi connectivity index (χ3n) is 15.3. The predicted octanol–water partition coefficient (Wildman–Crippen LogP) is 17.2. The predicted molar refractivity (Wildman–Crippen MR) is 407 cm³/mol. The quantitative estimate of drug-likeness (QED) is 0.146. The van der Waals surface area contributed by atoms with Crippen LogP contribution in [0.3, 0.4) is 0 Å². The zero-order valence-corrected chi connectivity index (χ0v) is 66.5. The number of hydrogen-bond donors (Lipinski definition) is 1. The average Bonchev–Trinajstić information content (AvgIpc) is 1.62. The van der Waals surface area contributed by atoms with Crippen molar-refractivity contribution in [2.24, 2.45) is 42.5 Å². The molecule has 0 bridgehead atoms. The van der Waals surface area contributed by atoms with Crippen molar-refractivity contribution in [1.82, 2.24) is 15.1 Å². The lowest BCUT2D eigenvalue weighted by molar-refractivity contribution is -0.122. The number of amides is 3. The zero-order chi connectivity index (χ0) is 79.6. The number of methoxy groups -OCH3 is 1. The molecule has 103 heavy (non-hydrogen) atoms. The van der Waals surface area contributed by atoms with E-state index < -0.39 is 22.7 Å². The van der Waals surface area contributed by atoms with Crippen LogP contribution < -0.4 is 5.32 Å². The van der Waals surface area contributed by atoms with Gasteiger partial charge in [-0.05, 0) is 128 Å². The second-order valence-corrected chi connectivity index (χ2v) is 32.9. The van der Waals surface area contributed by atoms with Gasteiger partial charge in [0.1, 0.15) is 76.0 Å². The maximum Gasteiger partial charge on any atom is 0.277 e. The molecule has 2 aromatic carbocycles. The van der Waals surface area contributed by atoms with Crippen molar-refractivity contribution in [2.45, 2.75) is 197 Å². The average molecular weight is 1400 g/mol. The Morgan fingerprint density at radius 3 is 1.36 bits per heavy atom. The Kier molecular flexibility index (Phi) is 30.5. The van der Waals surface area contributed by atoms with Gasteiger partial charge in [0.15, 0.2) is 22.9 Å². The molecular weight excluding hydrogens is 1290 g/mol. The monoisotopic (exact) mass is 1400 g/mol. The third kappa shape index (κ3) is 25.5. The molecule has 5 aliphatic heterocycles. The molecule has 0 spiro atoms. The number of benzene rings is 2. The van der Waals surface area contributed by atoms with Crippen molar-refractivity contribution in [3.8, 4) is 36.4 Å². The number of ether oxygens (including phenoxy) is 4. The first-order chi connectivity index (χ1) is 47.1. The summed E-state index contributed by atoms with van der Waals surface area (Å²) in [5.74, 6) is 1.56. The summed E-state index contributed by atoms with van der Waals surface area (Å²) in [4.78, 5) is 59.3. The van der Waals surface area contributed by atoms with E-state index in [0.29, 0.717) is 52.1 Å². The van der Waals surface area contributed by atoms with Crippen LogP contribution in [0.25, 0.3) is 6.08 Å². The second kappa shape index (κ2) is 35.4. The molecule has 0 fully saturated rings. The lowest BCUT2D eigenvalue weighted by Gasteiger charge is -2.31. The van der Waals surface area contributed by atoms with Crippen LogP contribution in [0.4, 0.5) is 0 Å². The minimum absolute atomic E-state index is 0.0382. The molecule has 5 aliphatic rings. The summed E-state index contributed by atoms with van der Waals surface area (Å²) < 4.78 is 22.1. The second-order valence-electron chi connectivity index (χ2n) is 32.9. The van der Waals surface area contributed by atoms with Gasteiger partial charge in [-0.25, -0.2) is 9.98 Å². The smallest absolute Gasteiger partial charge is 0.277 e. The number of likely N-dealkylation sites (N-methyl/N-ethyl adjacent to an activating group) is 2. The van der Waals surface area contributed by atoms with Gasteiger partial charge in [0.2, 0.25) is 0 Å². The maximum absolute atomic E-state index is 12.2. The summed E-state index contributed by atoms with van der Waals surface area (Å²) in [5.41, 5.74) is 5.32. The molecule has 2 aromatic rings. The number of aliphatic imine (C=N–C) groups is 2. The fourth-order valence-electron chi connectivity index (χ4n) is 12.0. The van der Waals surface area contributed by atoms with Gasteiger partial charge in [0.25, 0.3) is 17.7 Å². The molecule has 3 amide bonds. The Morgan fingerprint density at radius 1 is 0.563 bits per heavy atom. The van der Waals surface area contributed by atoms with Crippen LogP contribution in [-0.2, 0) is 38.1 Å². The van der Waals surface area contributed by atoms with E-state index in [0.717, 1.165) is 33.7 Å². The maximum atomic E-state index is 12.2. The van der Waals surface area contributed by atoms with Crippen LogP contribution in [0.15, 0.2) is 180 Å². The molecule has 0 saturated heterocycles. The van der Waals surface area contributed by atoms with E-state index in [9.17, 15) is 35.0 Å². The summed E-state index contributed by atoms with van der Waals surface area (Å²) in [7, 11) is 5.03. The van der Waals surface area contributed by atoms with Gasteiger partial charge < -0.3 is 24.3 Å². The Bertz CT molecular complexity index is 4180. The molecule has 0 aliphatic carbocycles. The fourth-order valence-corrected chi connectivity index (χ4v) is 12.0. The Labute approximate surface area is 614 Å². The van der Waals surface area contributed by atoms with Gasteiger partial charge in [0.05, 0.1) is 40.5 Å². The highest BCUT2D eigenvalue weighted by atomic mass is 16.5. The van der Waals surface area contributed by atoms with Gasteiger partial charge in [-0.1, -0.05) is 204 Å². The number of amidine groups is 2. The molecule has 0 unspecified atom stereocenters. The molecule has 5 heterocycles. The number of nitriles is 6. The highest BCUT2D eigenvalue weighted by Crippen LogP contribution is 2.50. The first kappa shape index (κ1) is 88.6. The van der Waals surface area contributed by atoms with E-state index in [1.165, 1.54) is 14.0 Å². The highest BCUT2D eigenvalue weighted by Gasteiger charge is 2.47. The standard InChI is InChI=1S/C17H23N3O3.C17H20N2O.C15H18N2O.C14H18N2O.C12H17NO.C9H13NO/c1-16(2,3)14-11(9-18)13(23-17(14,4)5)12(10-19)15(21)20-7-8-22-6;1-17(2,3)12-14-16(20)19(4)15(18-14)11-10-13-8-6-5-7-9-13;1-15(2,3)10-12-14(18)17(4)13(16-12)11-8-6-5-7-9-11;1-9(7-15)11-10(8-16)12(13(2,3)4)14(5,6)17-11;1-8-9(7-13)10(11(2,3)4)12(5,6)14-8;1-7(11)8(6-10)5-9(2,3)4/h7-8H2,1-6H3,(H,20,21);5-12H,1-4H3;5-10H,1-4H3;1-6H3;1H2,2-6H3;5H,1-4H3/b13-12-;11-10+,14-12-;12-10-;11-9-;;8-5+. The minimum atomic E-state index is -0.756. The van der Waals surface area contributed by atoms with E-state index in [2.05, 4.69) is 129 Å². The molecule has 548 valence electrons. The lowest BCUT2D eigenvalue weighted by Crippen LogP contribution is -2.30. The van der Waals surface area contributed by atoms with Gasteiger partial charge in [-0.3, -0.25) is 29.0 Å². The number of carbonyl (C=O) groups excluding carboxylic acids is 4. The van der Waals surface area contributed by atoms with Crippen molar-refractivity contribution in [3.63, 3.8) is 0 Å². The topological polar surface area (TPSA) is 291 Å². The molecule has 0 saturated carbocycles.